The van der Waals surface area contributed by atoms with Gasteiger partial charge in [0.25, 0.3) is 5.91 Å². The van der Waals surface area contributed by atoms with Crippen molar-refractivity contribution in [3.63, 3.8) is 0 Å². The second-order valence-corrected chi connectivity index (χ2v) is 4.98. The molecule has 0 aliphatic rings. The Bertz CT molecular complexity index is 388. The predicted octanol–water partition coefficient (Wildman–Crippen LogP) is 2.08. The molecule has 2 N–H and O–H groups in total. The molecule has 5 heteroatoms. The summed E-state index contributed by atoms with van der Waals surface area (Å²) in [7, 11) is 0. The molecule has 0 saturated carbocycles. The van der Waals surface area contributed by atoms with Gasteiger partial charge in [0, 0.05) is 25.4 Å². The minimum Gasteiger partial charge on any atom is -0.396 e. The first-order valence-electron chi connectivity index (χ1n) is 5.72. The summed E-state index contributed by atoms with van der Waals surface area (Å²) in [6.45, 7) is 6.37. The lowest BCUT2D eigenvalue weighted by molar-refractivity contribution is 0.0931. The zero-order valence-electron chi connectivity index (χ0n) is 10.4. The van der Waals surface area contributed by atoms with Gasteiger partial charge >= 0.3 is 0 Å². The molecule has 1 unspecified atom stereocenters. The van der Waals surface area contributed by atoms with E-state index in [1.165, 1.54) is 0 Å². The summed E-state index contributed by atoms with van der Waals surface area (Å²) in [5.41, 5.74) is 0.551. The molecule has 1 aromatic heterocycles. The van der Waals surface area contributed by atoms with Crippen molar-refractivity contribution in [2.24, 2.45) is 5.92 Å². The van der Waals surface area contributed by atoms with Crippen molar-refractivity contribution in [3.8, 4) is 0 Å². The van der Waals surface area contributed by atoms with Crippen LogP contribution in [0.2, 0.25) is 5.02 Å². The Morgan fingerprint density at radius 3 is 2.71 bits per heavy atom. The van der Waals surface area contributed by atoms with Crippen LogP contribution < -0.4 is 5.32 Å². The van der Waals surface area contributed by atoms with E-state index >= 15 is 0 Å². The van der Waals surface area contributed by atoms with Gasteiger partial charge in [-0.05, 0) is 25.8 Å². The molecule has 4 nitrogen and oxygen atoms in total. The highest BCUT2D eigenvalue weighted by molar-refractivity contribution is 6.31. The minimum absolute atomic E-state index is 0.0527. The number of rotatable bonds is 5. The van der Waals surface area contributed by atoms with E-state index in [9.17, 15) is 4.79 Å². The Balaban J connectivity index is 2.74. The maximum atomic E-state index is 11.9. The van der Waals surface area contributed by atoms with Crippen molar-refractivity contribution in [1.82, 2.24) is 9.88 Å². The van der Waals surface area contributed by atoms with Crippen LogP contribution in [0.4, 0.5) is 0 Å². The number of aliphatic hydroxyl groups is 1. The van der Waals surface area contributed by atoms with E-state index in [0.29, 0.717) is 17.3 Å². The number of hydrogen-bond acceptors (Lipinski definition) is 2. The fourth-order valence-corrected chi connectivity index (χ4v) is 1.69. The van der Waals surface area contributed by atoms with Gasteiger partial charge in [0.15, 0.2) is 0 Å². The number of carbonyl (C=O) groups excluding carboxylic acids is 1. The summed E-state index contributed by atoms with van der Waals surface area (Å²) >= 11 is 5.90. The Labute approximate surface area is 107 Å². The van der Waals surface area contributed by atoms with Gasteiger partial charge in [-0.3, -0.25) is 4.79 Å². The van der Waals surface area contributed by atoms with Crippen molar-refractivity contribution in [2.75, 3.05) is 13.2 Å². The zero-order valence-corrected chi connectivity index (χ0v) is 11.2. The van der Waals surface area contributed by atoms with Crippen molar-refractivity contribution < 1.29 is 9.90 Å². The number of hydrogen-bond donors (Lipinski definition) is 2. The quantitative estimate of drug-likeness (QED) is 0.850. The highest BCUT2D eigenvalue weighted by Crippen LogP contribution is 2.18. The molecular weight excluding hydrogens is 240 g/mol. The molecule has 1 amide bonds. The molecule has 0 bridgehead atoms. The van der Waals surface area contributed by atoms with E-state index in [1.54, 1.807) is 12.3 Å². The molecule has 1 heterocycles. The molecule has 0 fully saturated rings. The van der Waals surface area contributed by atoms with Gasteiger partial charge < -0.3 is 15.0 Å². The van der Waals surface area contributed by atoms with Crippen LogP contribution >= 0.6 is 11.6 Å². The van der Waals surface area contributed by atoms with Gasteiger partial charge in [-0.2, -0.15) is 0 Å². The molecule has 1 rings (SSSR count). The fourth-order valence-electron chi connectivity index (χ4n) is 1.48. The molecule has 17 heavy (non-hydrogen) atoms. The lowest BCUT2D eigenvalue weighted by atomic mass is 10.2. The van der Waals surface area contributed by atoms with Gasteiger partial charge in [-0.25, -0.2) is 0 Å². The molecule has 96 valence electrons. The Hall–Kier alpha value is -1.00. The van der Waals surface area contributed by atoms with Crippen molar-refractivity contribution in [2.45, 2.75) is 26.8 Å². The molecule has 0 aliphatic carbocycles. The largest absolute Gasteiger partial charge is 0.396 e. The second kappa shape index (κ2) is 6.07. The van der Waals surface area contributed by atoms with Crippen LogP contribution in [0.15, 0.2) is 12.3 Å². The molecular formula is C12H19ClN2O2. The molecule has 0 aromatic carbocycles. The number of aliphatic hydroxyl groups excluding tert-OH is 1. The Morgan fingerprint density at radius 2 is 2.18 bits per heavy atom. The minimum atomic E-state index is -0.161. The number of aromatic nitrogens is 1. The number of nitrogens with one attached hydrogen (secondary N) is 1. The van der Waals surface area contributed by atoms with Crippen molar-refractivity contribution >= 4 is 17.5 Å². The maximum Gasteiger partial charge on any atom is 0.267 e. The SMILES string of the molecule is CC(CO)CNC(=O)c1cc(Cl)cn1C(C)C. The lowest BCUT2D eigenvalue weighted by Crippen LogP contribution is -2.31. The molecule has 1 atom stereocenters. The van der Waals surface area contributed by atoms with Crippen LogP contribution in [-0.2, 0) is 0 Å². The van der Waals surface area contributed by atoms with Gasteiger partial charge in [0.2, 0.25) is 0 Å². The first-order valence-corrected chi connectivity index (χ1v) is 6.10. The number of nitrogens with zero attached hydrogens (tertiary/aromatic N) is 1. The first-order chi connectivity index (χ1) is 7.95. The summed E-state index contributed by atoms with van der Waals surface area (Å²) in [5.74, 6) is -0.109. The van der Waals surface area contributed by atoms with Crippen LogP contribution in [0.25, 0.3) is 0 Å². The molecule has 0 aliphatic heterocycles. The zero-order chi connectivity index (χ0) is 13.0. The van der Waals surface area contributed by atoms with Crippen molar-refractivity contribution in [1.29, 1.82) is 0 Å². The van der Waals surface area contributed by atoms with E-state index < -0.39 is 0 Å². The second-order valence-electron chi connectivity index (χ2n) is 4.54. The van der Waals surface area contributed by atoms with E-state index in [-0.39, 0.29) is 24.5 Å². The summed E-state index contributed by atoms with van der Waals surface area (Å²) < 4.78 is 1.83. The number of amides is 1. The van der Waals surface area contributed by atoms with E-state index in [0.717, 1.165) is 0 Å². The fraction of sp³-hybridized carbons (Fsp3) is 0.583. The summed E-state index contributed by atoms with van der Waals surface area (Å²) in [4.78, 5) is 11.9. The third-order valence-electron chi connectivity index (χ3n) is 2.53. The monoisotopic (exact) mass is 258 g/mol. The van der Waals surface area contributed by atoms with Crippen LogP contribution in [-0.4, -0.2) is 28.7 Å². The molecule has 0 saturated heterocycles. The average molecular weight is 259 g/mol. The van der Waals surface area contributed by atoms with Crippen LogP contribution in [0.3, 0.4) is 0 Å². The highest BCUT2D eigenvalue weighted by Gasteiger charge is 2.15. The predicted molar refractivity (Wildman–Crippen MR) is 68.4 cm³/mol. The topological polar surface area (TPSA) is 54.3 Å². The van der Waals surface area contributed by atoms with Gasteiger partial charge in [0.1, 0.15) is 5.69 Å². The summed E-state index contributed by atoms with van der Waals surface area (Å²) in [6.07, 6.45) is 1.75. The van der Waals surface area contributed by atoms with E-state index in [4.69, 9.17) is 16.7 Å². The van der Waals surface area contributed by atoms with E-state index in [1.807, 2.05) is 25.3 Å². The Morgan fingerprint density at radius 1 is 1.53 bits per heavy atom. The number of halogens is 1. The lowest BCUT2D eigenvalue weighted by Gasteiger charge is -2.14. The molecule has 1 aromatic rings. The number of carbonyl (C=O) groups is 1. The van der Waals surface area contributed by atoms with Gasteiger partial charge in [0.05, 0.1) is 5.02 Å². The van der Waals surface area contributed by atoms with Crippen LogP contribution in [0.1, 0.15) is 37.3 Å². The van der Waals surface area contributed by atoms with E-state index in [2.05, 4.69) is 5.32 Å². The summed E-state index contributed by atoms with van der Waals surface area (Å²) in [5, 5.41) is 12.2. The Kier molecular flexibility index (Phi) is 5.02. The van der Waals surface area contributed by atoms with Crippen molar-refractivity contribution in [3.05, 3.63) is 23.0 Å². The van der Waals surface area contributed by atoms with Crippen LogP contribution in [0, 0.1) is 5.92 Å². The van der Waals surface area contributed by atoms with Gasteiger partial charge in [-0.15, -0.1) is 0 Å². The maximum absolute atomic E-state index is 11.9. The normalized spacial score (nSPS) is 12.8. The van der Waals surface area contributed by atoms with Crippen LogP contribution in [0.5, 0.6) is 0 Å². The molecule has 0 spiro atoms. The standard InChI is InChI=1S/C12H19ClN2O2/c1-8(2)15-6-10(13)4-11(15)12(17)14-5-9(3)7-16/h4,6,8-9,16H,5,7H2,1-3H3,(H,14,17). The smallest absolute Gasteiger partial charge is 0.267 e. The third-order valence-corrected chi connectivity index (χ3v) is 2.73. The average Bonchev–Trinajstić information content (AvgIpc) is 2.67. The highest BCUT2D eigenvalue weighted by atomic mass is 35.5. The first kappa shape index (κ1) is 14.1. The summed E-state index contributed by atoms with van der Waals surface area (Å²) in [6, 6.07) is 1.83. The molecule has 0 radical (unpaired) electrons. The third kappa shape index (κ3) is 3.75. The van der Waals surface area contributed by atoms with Gasteiger partial charge in [-0.1, -0.05) is 18.5 Å².